The number of fused-ring (bicyclic) bond motifs is 1. The molecule has 5 heteroatoms. The average molecular weight is 218 g/mol. The molecule has 1 saturated carbocycles. The quantitative estimate of drug-likeness (QED) is 0.800. The Kier molecular flexibility index (Phi) is 2.25. The van der Waals surface area contributed by atoms with Gasteiger partial charge in [0.2, 0.25) is 0 Å². The maximum Gasteiger partial charge on any atom is 0.157 e. The van der Waals surface area contributed by atoms with E-state index in [9.17, 15) is 5.11 Å². The Bertz CT molecular complexity index is 491. The Hall–Kier alpha value is -1.62. The number of aliphatic hydroxyl groups excluding tert-OH is 1. The summed E-state index contributed by atoms with van der Waals surface area (Å²) in [5.74, 6) is 1.28. The molecule has 2 aromatic heterocycles. The zero-order valence-corrected chi connectivity index (χ0v) is 8.87. The highest BCUT2D eigenvalue weighted by Crippen LogP contribution is 2.32. The van der Waals surface area contributed by atoms with Gasteiger partial charge in [-0.25, -0.2) is 9.50 Å². The van der Waals surface area contributed by atoms with Gasteiger partial charge >= 0.3 is 0 Å². The Morgan fingerprint density at radius 3 is 3.19 bits per heavy atom. The number of nitrogens with zero attached hydrogens (tertiary/aromatic N) is 3. The molecule has 2 heterocycles. The first-order valence-corrected chi connectivity index (χ1v) is 5.55. The lowest BCUT2D eigenvalue weighted by atomic mass is 10.2. The minimum atomic E-state index is -0.247. The van der Waals surface area contributed by atoms with E-state index in [4.69, 9.17) is 0 Å². The monoisotopic (exact) mass is 218 g/mol. The third-order valence-corrected chi connectivity index (χ3v) is 2.92. The van der Waals surface area contributed by atoms with Crippen LogP contribution in [0.25, 0.3) is 5.65 Å². The van der Waals surface area contributed by atoms with Crippen LogP contribution in [-0.4, -0.2) is 32.4 Å². The van der Waals surface area contributed by atoms with Crippen molar-refractivity contribution in [3.63, 3.8) is 0 Å². The fourth-order valence-electron chi connectivity index (χ4n) is 1.77. The van der Waals surface area contributed by atoms with E-state index < -0.39 is 0 Å². The number of nitrogens with one attached hydrogen (secondary N) is 1. The highest BCUT2D eigenvalue weighted by Gasteiger charge is 2.29. The highest BCUT2D eigenvalue weighted by molar-refractivity contribution is 5.45. The van der Waals surface area contributed by atoms with Gasteiger partial charge in [0, 0.05) is 18.8 Å². The molecule has 2 aromatic rings. The van der Waals surface area contributed by atoms with Crippen molar-refractivity contribution in [1.29, 1.82) is 0 Å². The van der Waals surface area contributed by atoms with Crippen molar-refractivity contribution in [1.82, 2.24) is 14.6 Å². The molecule has 1 unspecified atom stereocenters. The molecular formula is C11H14N4O. The number of aromatic nitrogens is 3. The van der Waals surface area contributed by atoms with Gasteiger partial charge in [0.25, 0.3) is 0 Å². The highest BCUT2D eigenvalue weighted by atomic mass is 16.3. The molecule has 1 aliphatic rings. The van der Waals surface area contributed by atoms with Crippen molar-refractivity contribution in [2.75, 3.05) is 11.9 Å². The van der Waals surface area contributed by atoms with E-state index in [0.717, 1.165) is 24.3 Å². The van der Waals surface area contributed by atoms with Crippen LogP contribution in [0.5, 0.6) is 0 Å². The summed E-state index contributed by atoms with van der Waals surface area (Å²) < 4.78 is 1.71. The van der Waals surface area contributed by atoms with Gasteiger partial charge < -0.3 is 10.4 Å². The van der Waals surface area contributed by atoms with E-state index in [2.05, 4.69) is 15.4 Å². The third-order valence-electron chi connectivity index (χ3n) is 2.92. The van der Waals surface area contributed by atoms with Crippen LogP contribution in [0, 0.1) is 5.92 Å². The molecule has 0 aromatic carbocycles. The summed E-state index contributed by atoms with van der Waals surface area (Å²) in [6, 6.07) is 3.71. The van der Waals surface area contributed by atoms with Gasteiger partial charge in [-0.1, -0.05) is 0 Å². The molecule has 0 amide bonds. The molecule has 0 aliphatic heterocycles. The molecule has 2 N–H and O–H groups in total. The first-order valence-electron chi connectivity index (χ1n) is 5.55. The Morgan fingerprint density at radius 2 is 2.38 bits per heavy atom. The SMILES string of the molecule is OC(CNc1ccn2nccc2n1)C1CC1. The maximum absolute atomic E-state index is 9.72. The lowest BCUT2D eigenvalue weighted by Crippen LogP contribution is -2.21. The molecule has 3 rings (SSSR count). The van der Waals surface area contributed by atoms with E-state index in [1.54, 1.807) is 10.7 Å². The molecule has 16 heavy (non-hydrogen) atoms. The zero-order valence-electron chi connectivity index (χ0n) is 8.87. The van der Waals surface area contributed by atoms with E-state index in [1.807, 2.05) is 18.3 Å². The number of rotatable bonds is 4. The molecule has 1 atom stereocenters. The number of anilines is 1. The molecule has 0 spiro atoms. The molecule has 0 bridgehead atoms. The topological polar surface area (TPSA) is 62.5 Å². The van der Waals surface area contributed by atoms with E-state index in [1.165, 1.54) is 0 Å². The predicted octanol–water partition coefficient (Wildman–Crippen LogP) is 0.912. The summed E-state index contributed by atoms with van der Waals surface area (Å²) in [6.45, 7) is 0.571. The normalized spacial score (nSPS) is 17.6. The molecule has 1 aliphatic carbocycles. The van der Waals surface area contributed by atoms with Crippen LogP contribution in [0.4, 0.5) is 5.82 Å². The summed E-state index contributed by atoms with van der Waals surface area (Å²) in [7, 11) is 0. The number of hydrogen-bond acceptors (Lipinski definition) is 4. The first kappa shape index (κ1) is 9.59. The van der Waals surface area contributed by atoms with Gasteiger partial charge in [-0.15, -0.1) is 0 Å². The Labute approximate surface area is 93.1 Å². The van der Waals surface area contributed by atoms with Crippen molar-refractivity contribution in [2.45, 2.75) is 18.9 Å². The van der Waals surface area contributed by atoms with Gasteiger partial charge in [0.1, 0.15) is 5.82 Å². The third kappa shape index (κ3) is 1.86. The van der Waals surface area contributed by atoms with Crippen molar-refractivity contribution < 1.29 is 5.11 Å². The van der Waals surface area contributed by atoms with Gasteiger partial charge in [-0.2, -0.15) is 5.10 Å². The van der Waals surface area contributed by atoms with Crippen molar-refractivity contribution >= 4 is 11.5 Å². The van der Waals surface area contributed by atoms with Crippen molar-refractivity contribution in [3.05, 3.63) is 24.5 Å². The number of aliphatic hydroxyl groups is 1. The van der Waals surface area contributed by atoms with Crippen LogP contribution < -0.4 is 5.32 Å². The van der Waals surface area contributed by atoms with Crippen LogP contribution >= 0.6 is 0 Å². The molecule has 5 nitrogen and oxygen atoms in total. The van der Waals surface area contributed by atoms with Crippen LogP contribution in [0.2, 0.25) is 0 Å². The standard InChI is InChI=1S/C11H14N4O/c16-9(8-1-2-8)7-12-10-4-6-15-11(14-10)3-5-13-15/h3-6,8-9,16H,1-2,7H2,(H,12,14). The second-order valence-corrected chi connectivity index (χ2v) is 4.23. The zero-order chi connectivity index (χ0) is 11.0. The summed E-state index contributed by atoms with van der Waals surface area (Å²) in [5, 5.41) is 16.9. The predicted molar refractivity (Wildman–Crippen MR) is 60.2 cm³/mol. The second kappa shape index (κ2) is 3.75. The van der Waals surface area contributed by atoms with Gasteiger partial charge in [-0.05, 0) is 24.8 Å². The Morgan fingerprint density at radius 1 is 1.50 bits per heavy atom. The molecule has 84 valence electrons. The second-order valence-electron chi connectivity index (χ2n) is 4.23. The lowest BCUT2D eigenvalue weighted by molar-refractivity contribution is 0.164. The first-order chi connectivity index (χ1) is 7.83. The van der Waals surface area contributed by atoms with E-state index in [-0.39, 0.29) is 6.10 Å². The van der Waals surface area contributed by atoms with Crippen LogP contribution in [0.3, 0.4) is 0 Å². The maximum atomic E-state index is 9.72. The van der Waals surface area contributed by atoms with Gasteiger partial charge in [-0.3, -0.25) is 0 Å². The number of hydrogen-bond donors (Lipinski definition) is 2. The minimum absolute atomic E-state index is 0.247. The summed E-state index contributed by atoms with van der Waals surface area (Å²) >= 11 is 0. The molecule has 1 fully saturated rings. The lowest BCUT2D eigenvalue weighted by Gasteiger charge is -2.10. The van der Waals surface area contributed by atoms with E-state index >= 15 is 0 Å². The summed E-state index contributed by atoms with van der Waals surface area (Å²) in [5.41, 5.74) is 0.811. The smallest absolute Gasteiger partial charge is 0.157 e. The molecule has 0 radical (unpaired) electrons. The van der Waals surface area contributed by atoms with Gasteiger partial charge in [0.05, 0.1) is 12.3 Å². The average Bonchev–Trinajstić information content (AvgIpc) is 3.04. The Balaban J connectivity index is 1.68. The van der Waals surface area contributed by atoms with Crippen molar-refractivity contribution in [3.8, 4) is 0 Å². The van der Waals surface area contributed by atoms with E-state index in [0.29, 0.717) is 12.5 Å². The molecular weight excluding hydrogens is 204 g/mol. The van der Waals surface area contributed by atoms with Crippen LogP contribution in [-0.2, 0) is 0 Å². The van der Waals surface area contributed by atoms with Crippen LogP contribution in [0.15, 0.2) is 24.5 Å². The fourth-order valence-corrected chi connectivity index (χ4v) is 1.77. The fraction of sp³-hybridized carbons (Fsp3) is 0.455. The summed E-state index contributed by atoms with van der Waals surface area (Å²) in [6.07, 6.45) is 5.62. The largest absolute Gasteiger partial charge is 0.391 e. The van der Waals surface area contributed by atoms with Crippen molar-refractivity contribution in [2.24, 2.45) is 5.92 Å². The summed E-state index contributed by atoms with van der Waals surface area (Å²) in [4.78, 5) is 4.37. The minimum Gasteiger partial charge on any atom is -0.391 e. The molecule has 0 saturated heterocycles. The van der Waals surface area contributed by atoms with Gasteiger partial charge in [0.15, 0.2) is 5.65 Å². The van der Waals surface area contributed by atoms with Crippen LogP contribution in [0.1, 0.15) is 12.8 Å².